The standard InChI is InChI=1S/C26H25BrN2O2/c1-2-19-14-18(10-12-25(30)20-6-4-8-22(28)16-20)15-24(27)23(19)11-9-17-5-3-7-21(13-17)26(29)31/h3-8,10,12-16H,2,9,11,28H2,1H3,(H2,29,31)/b12-10+. The molecule has 3 aromatic rings. The van der Waals surface area contributed by atoms with E-state index in [4.69, 9.17) is 11.5 Å². The molecule has 0 unspecified atom stereocenters. The molecule has 3 aromatic carbocycles. The van der Waals surface area contributed by atoms with Gasteiger partial charge in [0.1, 0.15) is 0 Å². The van der Waals surface area contributed by atoms with Crippen molar-refractivity contribution in [3.63, 3.8) is 0 Å². The summed E-state index contributed by atoms with van der Waals surface area (Å²) < 4.78 is 1.01. The minimum absolute atomic E-state index is 0.0834. The Balaban J connectivity index is 1.77. The number of aryl methyl sites for hydroxylation is 2. The first-order chi connectivity index (χ1) is 14.9. The number of ketones is 1. The Morgan fingerprint density at radius 2 is 1.71 bits per heavy atom. The predicted octanol–water partition coefficient (Wildman–Crippen LogP) is 5.37. The van der Waals surface area contributed by atoms with Crippen molar-refractivity contribution in [1.82, 2.24) is 0 Å². The van der Waals surface area contributed by atoms with Crippen molar-refractivity contribution in [3.05, 3.63) is 105 Å². The van der Waals surface area contributed by atoms with E-state index in [0.717, 1.165) is 34.9 Å². The van der Waals surface area contributed by atoms with Gasteiger partial charge < -0.3 is 11.5 Å². The quantitative estimate of drug-likeness (QED) is 0.260. The Morgan fingerprint density at radius 1 is 0.968 bits per heavy atom. The van der Waals surface area contributed by atoms with Gasteiger partial charge in [0, 0.05) is 21.3 Å². The smallest absolute Gasteiger partial charge is 0.248 e. The van der Waals surface area contributed by atoms with Gasteiger partial charge in [-0.1, -0.05) is 59.3 Å². The molecule has 31 heavy (non-hydrogen) atoms. The maximum Gasteiger partial charge on any atom is 0.248 e. The second-order valence-electron chi connectivity index (χ2n) is 7.38. The van der Waals surface area contributed by atoms with Crippen LogP contribution in [0.25, 0.3) is 6.08 Å². The van der Waals surface area contributed by atoms with Gasteiger partial charge in [-0.2, -0.15) is 0 Å². The maximum atomic E-state index is 12.4. The van der Waals surface area contributed by atoms with Gasteiger partial charge in [0.25, 0.3) is 0 Å². The monoisotopic (exact) mass is 476 g/mol. The largest absolute Gasteiger partial charge is 0.399 e. The van der Waals surface area contributed by atoms with Crippen LogP contribution in [0.2, 0.25) is 0 Å². The number of amides is 1. The fourth-order valence-electron chi connectivity index (χ4n) is 3.52. The van der Waals surface area contributed by atoms with Gasteiger partial charge in [-0.3, -0.25) is 9.59 Å². The molecule has 0 aliphatic rings. The highest BCUT2D eigenvalue weighted by molar-refractivity contribution is 9.10. The van der Waals surface area contributed by atoms with Crippen LogP contribution in [0.4, 0.5) is 5.69 Å². The number of rotatable bonds is 8. The number of nitrogen functional groups attached to an aromatic ring is 1. The number of hydrogen-bond acceptors (Lipinski definition) is 3. The molecule has 5 heteroatoms. The van der Waals surface area contributed by atoms with Gasteiger partial charge in [-0.25, -0.2) is 0 Å². The van der Waals surface area contributed by atoms with E-state index in [1.807, 2.05) is 30.3 Å². The van der Waals surface area contributed by atoms with Crippen LogP contribution in [-0.4, -0.2) is 11.7 Å². The van der Waals surface area contributed by atoms with E-state index in [1.165, 1.54) is 11.1 Å². The van der Waals surface area contributed by atoms with E-state index in [1.54, 1.807) is 36.4 Å². The number of allylic oxidation sites excluding steroid dienone is 1. The third kappa shape index (κ3) is 5.92. The molecule has 0 saturated carbocycles. The molecule has 0 fully saturated rings. The molecule has 4 N–H and O–H groups in total. The summed E-state index contributed by atoms with van der Waals surface area (Å²) in [6.07, 6.45) is 5.91. The Morgan fingerprint density at radius 3 is 2.42 bits per heavy atom. The van der Waals surface area contributed by atoms with Gasteiger partial charge >= 0.3 is 0 Å². The lowest BCUT2D eigenvalue weighted by Gasteiger charge is -2.13. The number of carbonyl (C=O) groups excluding carboxylic acids is 2. The topological polar surface area (TPSA) is 86.2 Å². The van der Waals surface area contributed by atoms with Crippen molar-refractivity contribution in [2.24, 2.45) is 5.73 Å². The third-order valence-electron chi connectivity index (χ3n) is 5.16. The molecule has 0 aromatic heterocycles. The zero-order valence-corrected chi connectivity index (χ0v) is 19.0. The Bertz CT molecular complexity index is 1150. The van der Waals surface area contributed by atoms with Crippen molar-refractivity contribution in [2.75, 3.05) is 5.73 Å². The first kappa shape index (κ1) is 22.5. The first-order valence-electron chi connectivity index (χ1n) is 10.2. The SMILES string of the molecule is CCc1cc(/C=C/C(=O)c2cccc(N)c2)cc(Br)c1CCc1cccc(C(N)=O)c1. The van der Waals surface area contributed by atoms with Crippen LogP contribution in [0.5, 0.6) is 0 Å². The number of primary amides is 1. The Labute approximate surface area is 191 Å². The Kier molecular flexibility index (Phi) is 7.42. The van der Waals surface area contributed by atoms with Crippen molar-refractivity contribution in [1.29, 1.82) is 0 Å². The van der Waals surface area contributed by atoms with Crippen LogP contribution in [-0.2, 0) is 19.3 Å². The van der Waals surface area contributed by atoms with Crippen LogP contribution >= 0.6 is 15.9 Å². The van der Waals surface area contributed by atoms with Crippen LogP contribution in [0.3, 0.4) is 0 Å². The molecule has 0 spiro atoms. The number of nitrogens with two attached hydrogens (primary N) is 2. The molecule has 0 radical (unpaired) electrons. The minimum Gasteiger partial charge on any atom is -0.399 e. The molecule has 1 amide bonds. The van der Waals surface area contributed by atoms with Crippen LogP contribution in [0.15, 0.2) is 71.2 Å². The van der Waals surface area contributed by atoms with E-state index in [2.05, 4.69) is 28.9 Å². The normalized spacial score (nSPS) is 11.0. The maximum absolute atomic E-state index is 12.4. The summed E-state index contributed by atoms with van der Waals surface area (Å²) in [6, 6.07) is 18.5. The van der Waals surface area contributed by atoms with Gasteiger partial charge in [-0.15, -0.1) is 0 Å². The molecule has 0 atom stereocenters. The summed E-state index contributed by atoms with van der Waals surface area (Å²) in [5.41, 5.74) is 17.3. The van der Waals surface area contributed by atoms with E-state index in [0.29, 0.717) is 16.8 Å². The fourth-order valence-corrected chi connectivity index (χ4v) is 4.24. The lowest BCUT2D eigenvalue weighted by molar-refractivity contribution is 0.0998. The van der Waals surface area contributed by atoms with Crippen LogP contribution in [0.1, 0.15) is 49.9 Å². The number of anilines is 1. The molecule has 0 saturated heterocycles. The zero-order chi connectivity index (χ0) is 22.4. The molecular weight excluding hydrogens is 452 g/mol. The molecule has 3 rings (SSSR count). The molecule has 0 heterocycles. The molecule has 0 bridgehead atoms. The van der Waals surface area contributed by atoms with Crippen molar-refractivity contribution < 1.29 is 9.59 Å². The summed E-state index contributed by atoms with van der Waals surface area (Å²) in [4.78, 5) is 23.8. The van der Waals surface area contributed by atoms with Gasteiger partial charge in [0.15, 0.2) is 5.78 Å². The minimum atomic E-state index is -0.416. The van der Waals surface area contributed by atoms with Gasteiger partial charge in [0.05, 0.1) is 0 Å². The highest BCUT2D eigenvalue weighted by Gasteiger charge is 2.10. The summed E-state index contributed by atoms with van der Waals surface area (Å²) in [7, 11) is 0. The summed E-state index contributed by atoms with van der Waals surface area (Å²) in [5.74, 6) is -0.499. The second kappa shape index (κ2) is 10.2. The van der Waals surface area contributed by atoms with Gasteiger partial charge in [-0.05, 0) is 77.9 Å². The lowest BCUT2D eigenvalue weighted by Crippen LogP contribution is -2.11. The molecule has 0 aliphatic carbocycles. The number of carbonyl (C=O) groups is 2. The molecule has 158 valence electrons. The van der Waals surface area contributed by atoms with Crippen molar-refractivity contribution >= 4 is 39.4 Å². The lowest BCUT2D eigenvalue weighted by atomic mass is 9.95. The molecular formula is C26H25BrN2O2. The van der Waals surface area contributed by atoms with Gasteiger partial charge in [0.2, 0.25) is 5.91 Å². The van der Waals surface area contributed by atoms with Crippen LogP contribution in [0, 0.1) is 0 Å². The van der Waals surface area contributed by atoms with E-state index in [9.17, 15) is 9.59 Å². The Hall–Kier alpha value is -3.18. The highest BCUT2D eigenvalue weighted by Crippen LogP contribution is 2.26. The summed E-state index contributed by atoms with van der Waals surface area (Å²) >= 11 is 3.70. The zero-order valence-electron chi connectivity index (χ0n) is 17.4. The summed E-state index contributed by atoms with van der Waals surface area (Å²) in [6.45, 7) is 2.12. The molecule has 4 nitrogen and oxygen atoms in total. The molecule has 0 aliphatic heterocycles. The van der Waals surface area contributed by atoms with Crippen LogP contribution < -0.4 is 11.5 Å². The predicted molar refractivity (Wildman–Crippen MR) is 130 cm³/mol. The fraction of sp³-hybridized carbons (Fsp3) is 0.154. The number of hydrogen-bond donors (Lipinski definition) is 2. The van der Waals surface area contributed by atoms with E-state index in [-0.39, 0.29) is 5.78 Å². The number of benzene rings is 3. The van der Waals surface area contributed by atoms with Crippen molar-refractivity contribution in [3.8, 4) is 0 Å². The average molecular weight is 477 g/mol. The highest BCUT2D eigenvalue weighted by atomic mass is 79.9. The first-order valence-corrected chi connectivity index (χ1v) is 10.9. The number of halogens is 1. The van der Waals surface area contributed by atoms with Crippen molar-refractivity contribution in [2.45, 2.75) is 26.2 Å². The van der Waals surface area contributed by atoms with E-state index >= 15 is 0 Å². The second-order valence-corrected chi connectivity index (χ2v) is 8.24. The summed E-state index contributed by atoms with van der Waals surface area (Å²) in [5, 5.41) is 0. The third-order valence-corrected chi connectivity index (χ3v) is 5.87. The average Bonchev–Trinajstić information content (AvgIpc) is 2.76. The van der Waals surface area contributed by atoms with E-state index < -0.39 is 5.91 Å².